The van der Waals surface area contributed by atoms with Crippen molar-refractivity contribution in [2.24, 2.45) is 0 Å². The first kappa shape index (κ1) is 15.8. The van der Waals surface area contributed by atoms with Gasteiger partial charge < -0.3 is 4.90 Å². The molecule has 1 amide bonds. The minimum Gasteiger partial charge on any atom is -0.334 e. The summed E-state index contributed by atoms with van der Waals surface area (Å²) in [6.07, 6.45) is -4.89. The van der Waals surface area contributed by atoms with E-state index in [-0.39, 0.29) is 25.2 Å². The van der Waals surface area contributed by atoms with Gasteiger partial charge in [-0.2, -0.15) is 22.0 Å². The van der Waals surface area contributed by atoms with Gasteiger partial charge in [0.1, 0.15) is 5.78 Å². The molecule has 19 heavy (non-hydrogen) atoms. The van der Waals surface area contributed by atoms with E-state index >= 15 is 0 Å². The molecule has 1 rings (SSSR count). The molecule has 0 saturated carbocycles. The fourth-order valence-corrected chi connectivity index (χ4v) is 2.11. The smallest absolute Gasteiger partial charge is 0.334 e. The van der Waals surface area contributed by atoms with Crippen molar-refractivity contribution < 1.29 is 31.5 Å². The molecule has 0 N–H and O–H groups in total. The van der Waals surface area contributed by atoms with Gasteiger partial charge in [-0.1, -0.05) is 0 Å². The molecule has 0 aromatic rings. The van der Waals surface area contributed by atoms with Crippen LogP contribution in [0.2, 0.25) is 0 Å². The molecule has 0 aliphatic carbocycles. The lowest BCUT2D eigenvalue weighted by Crippen LogP contribution is -2.56. The van der Waals surface area contributed by atoms with Gasteiger partial charge in [-0.05, 0) is 26.2 Å². The van der Waals surface area contributed by atoms with E-state index in [0.717, 1.165) is 0 Å². The van der Waals surface area contributed by atoms with E-state index in [1.165, 1.54) is 6.92 Å². The van der Waals surface area contributed by atoms with Crippen LogP contribution >= 0.6 is 0 Å². The second-order valence-corrected chi connectivity index (χ2v) is 4.63. The number of rotatable bonds is 3. The third-order valence-electron chi connectivity index (χ3n) is 3.04. The molecule has 0 aromatic heterocycles. The number of piperidine rings is 1. The number of hydrogen-bond acceptors (Lipinski definition) is 2. The van der Waals surface area contributed by atoms with Crippen molar-refractivity contribution >= 4 is 11.7 Å². The minimum atomic E-state index is -5.91. The molecule has 0 bridgehead atoms. The predicted molar refractivity (Wildman–Crippen MR) is 55.7 cm³/mol. The Bertz CT molecular complexity index is 367. The molecule has 110 valence electrons. The normalized spacial score (nSPS) is 21.4. The average Bonchev–Trinajstić information content (AvgIpc) is 2.26. The molecule has 1 fully saturated rings. The van der Waals surface area contributed by atoms with Crippen molar-refractivity contribution in [2.45, 2.75) is 50.7 Å². The van der Waals surface area contributed by atoms with Gasteiger partial charge in [0.15, 0.2) is 0 Å². The van der Waals surface area contributed by atoms with E-state index in [1.807, 2.05) is 0 Å². The van der Waals surface area contributed by atoms with Crippen LogP contribution in [0.25, 0.3) is 0 Å². The molecule has 0 radical (unpaired) electrons. The summed E-state index contributed by atoms with van der Waals surface area (Å²) < 4.78 is 62.5. The number of likely N-dealkylation sites (tertiary alicyclic amines) is 1. The van der Waals surface area contributed by atoms with E-state index in [9.17, 15) is 31.5 Å². The summed E-state index contributed by atoms with van der Waals surface area (Å²) in [6, 6.07) is -0.869. The van der Waals surface area contributed by atoms with Crippen LogP contribution in [0.4, 0.5) is 22.0 Å². The number of amides is 1. The Kier molecular flexibility index (Phi) is 4.52. The Morgan fingerprint density at radius 2 is 1.74 bits per heavy atom. The molecule has 1 heterocycles. The molecule has 1 unspecified atom stereocenters. The van der Waals surface area contributed by atoms with Gasteiger partial charge in [-0.15, -0.1) is 0 Å². The van der Waals surface area contributed by atoms with Crippen molar-refractivity contribution in [1.82, 2.24) is 4.90 Å². The standard InChI is InChI=1S/C11H14F5NO2/c1-7(18)6-8-4-2-3-5-17(8)9(19)10(12,13)11(14,15)16/h8H,2-6H2,1H3. The fourth-order valence-electron chi connectivity index (χ4n) is 2.11. The maximum Gasteiger partial charge on any atom is 0.463 e. The zero-order chi connectivity index (χ0) is 14.8. The summed E-state index contributed by atoms with van der Waals surface area (Å²) in [6.45, 7) is 1.03. The molecule has 0 spiro atoms. The summed E-state index contributed by atoms with van der Waals surface area (Å²) in [5.41, 5.74) is 0. The average molecular weight is 287 g/mol. The van der Waals surface area contributed by atoms with Crippen LogP contribution in [0.5, 0.6) is 0 Å². The number of Topliss-reactive ketones (excluding diaryl/α,β-unsaturated/α-hetero) is 1. The summed E-state index contributed by atoms with van der Waals surface area (Å²) in [5.74, 6) is -8.01. The lowest BCUT2D eigenvalue weighted by Gasteiger charge is -2.37. The van der Waals surface area contributed by atoms with Gasteiger partial charge in [0.05, 0.1) is 0 Å². The molecule has 1 saturated heterocycles. The second-order valence-electron chi connectivity index (χ2n) is 4.63. The van der Waals surface area contributed by atoms with E-state index in [2.05, 4.69) is 0 Å². The Balaban J connectivity index is 2.91. The number of hydrogen-bond donors (Lipinski definition) is 0. The first-order valence-electron chi connectivity index (χ1n) is 5.82. The first-order valence-corrected chi connectivity index (χ1v) is 5.82. The Morgan fingerprint density at radius 3 is 2.21 bits per heavy atom. The predicted octanol–water partition coefficient (Wildman–Crippen LogP) is 2.54. The van der Waals surface area contributed by atoms with Gasteiger partial charge >= 0.3 is 18.0 Å². The van der Waals surface area contributed by atoms with Gasteiger partial charge in [0.2, 0.25) is 0 Å². The molecule has 1 atom stereocenters. The first-order chi connectivity index (χ1) is 8.57. The van der Waals surface area contributed by atoms with Gasteiger partial charge in [0, 0.05) is 19.0 Å². The highest BCUT2D eigenvalue weighted by Crippen LogP contribution is 2.38. The summed E-state index contributed by atoms with van der Waals surface area (Å²) in [4.78, 5) is 22.9. The van der Waals surface area contributed by atoms with E-state index in [0.29, 0.717) is 17.7 Å². The number of ketones is 1. The third-order valence-corrected chi connectivity index (χ3v) is 3.04. The molecular formula is C11H14F5NO2. The third kappa shape index (κ3) is 3.42. The summed E-state index contributed by atoms with van der Waals surface area (Å²) in [7, 11) is 0. The molecule has 0 aromatic carbocycles. The topological polar surface area (TPSA) is 37.4 Å². The number of carbonyl (C=O) groups is 2. The quantitative estimate of drug-likeness (QED) is 0.748. The molecular weight excluding hydrogens is 273 g/mol. The second kappa shape index (κ2) is 5.42. The van der Waals surface area contributed by atoms with E-state index < -0.39 is 24.0 Å². The van der Waals surface area contributed by atoms with Crippen LogP contribution in [0.15, 0.2) is 0 Å². The highest BCUT2D eigenvalue weighted by atomic mass is 19.4. The SMILES string of the molecule is CC(=O)CC1CCCCN1C(=O)C(F)(F)C(F)(F)F. The van der Waals surface area contributed by atoms with Crippen LogP contribution in [0.3, 0.4) is 0 Å². The molecule has 1 aliphatic rings. The van der Waals surface area contributed by atoms with Gasteiger partial charge in [0.25, 0.3) is 0 Å². The Labute approximate surface area is 106 Å². The van der Waals surface area contributed by atoms with E-state index in [1.54, 1.807) is 0 Å². The lowest BCUT2D eigenvalue weighted by atomic mass is 9.97. The summed E-state index contributed by atoms with van der Waals surface area (Å²) in [5, 5.41) is 0. The Hall–Kier alpha value is -1.21. The van der Waals surface area contributed by atoms with Gasteiger partial charge in [-0.25, -0.2) is 0 Å². The monoisotopic (exact) mass is 287 g/mol. The van der Waals surface area contributed by atoms with Crippen LogP contribution < -0.4 is 0 Å². The number of nitrogens with zero attached hydrogens (tertiary/aromatic N) is 1. The molecule has 8 heteroatoms. The van der Waals surface area contributed by atoms with Crippen molar-refractivity contribution in [2.75, 3.05) is 6.54 Å². The molecule has 3 nitrogen and oxygen atoms in total. The Morgan fingerprint density at radius 1 is 1.16 bits per heavy atom. The lowest BCUT2D eigenvalue weighted by molar-refractivity contribution is -0.275. The zero-order valence-corrected chi connectivity index (χ0v) is 10.3. The van der Waals surface area contributed by atoms with Crippen LogP contribution in [0, 0.1) is 0 Å². The van der Waals surface area contributed by atoms with Crippen LogP contribution in [-0.2, 0) is 9.59 Å². The van der Waals surface area contributed by atoms with Crippen molar-refractivity contribution in [1.29, 1.82) is 0 Å². The van der Waals surface area contributed by atoms with Gasteiger partial charge in [-0.3, -0.25) is 9.59 Å². The van der Waals surface area contributed by atoms with Crippen molar-refractivity contribution in [3.8, 4) is 0 Å². The maximum absolute atomic E-state index is 13.0. The maximum atomic E-state index is 13.0. The highest BCUT2D eigenvalue weighted by molar-refractivity contribution is 5.85. The van der Waals surface area contributed by atoms with Crippen LogP contribution in [-0.4, -0.2) is 41.3 Å². The largest absolute Gasteiger partial charge is 0.463 e. The highest BCUT2D eigenvalue weighted by Gasteiger charge is 2.65. The van der Waals surface area contributed by atoms with Crippen molar-refractivity contribution in [3.05, 3.63) is 0 Å². The van der Waals surface area contributed by atoms with Crippen molar-refractivity contribution in [3.63, 3.8) is 0 Å². The summed E-state index contributed by atoms with van der Waals surface area (Å²) >= 11 is 0. The van der Waals surface area contributed by atoms with Crippen LogP contribution in [0.1, 0.15) is 32.6 Å². The van der Waals surface area contributed by atoms with E-state index in [4.69, 9.17) is 0 Å². The number of carbonyl (C=O) groups excluding carboxylic acids is 2. The number of halogens is 5. The fraction of sp³-hybridized carbons (Fsp3) is 0.818. The zero-order valence-electron chi connectivity index (χ0n) is 10.3. The molecule has 1 aliphatic heterocycles. The number of alkyl halides is 5. The minimum absolute atomic E-state index is 0.178.